The highest BCUT2D eigenvalue weighted by atomic mass is 16.4. The molecule has 0 aliphatic rings. The molecule has 0 spiro atoms. The van der Waals surface area contributed by atoms with Crippen LogP contribution in [-0.4, -0.2) is 200 Å². The smallest absolute Gasteiger partial charge is 0.246 e. The third kappa shape index (κ3) is 32.4. The zero-order valence-corrected chi connectivity index (χ0v) is 78.1. The number of H-pyrrole nitrogens is 9. The van der Waals surface area contributed by atoms with Crippen LogP contribution in [-0.2, 0) is 58.9 Å². The Hall–Kier alpha value is -17.8. The number of hydrogen-bond donors (Lipinski definition) is 21. The van der Waals surface area contributed by atoms with Crippen molar-refractivity contribution in [2.75, 3.05) is 159 Å². The molecule has 0 aliphatic carbocycles. The Morgan fingerprint density at radius 3 is 0.844 bits per heavy atom. The summed E-state index contributed by atoms with van der Waals surface area (Å²) >= 11 is 0. The van der Waals surface area contributed by atoms with Crippen molar-refractivity contribution in [3.63, 3.8) is 0 Å². The van der Waals surface area contributed by atoms with Crippen LogP contribution in [0.5, 0.6) is 0 Å². The van der Waals surface area contributed by atoms with E-state index in [1.165, 1.54) is 0 Å². The van der Waals surface area contributed by atoms with Gasteiger partial charge in [0.1, 0.15) is 34.6 Å². The molecular weight excluding hydrogens is 1750 g/mol. The molecule has 18 aromatic rings. The van der Waals surface area contributed by atoms with Gasteiger partial charge in [-0.25, -0.2) is 45.9 Å². The minimum Gasteiger partial charge on any atom is -0.472 e. The van der Waals surface area contributed by atoms with Crippen LogP contribution >= 0.6 is 0 Å². The number of anilines is 18. The predicted octanol–water partition coefficient (Wildman–Crippen LogP) is 9.63. The van der Waals surface area contributed by atoms with Gasteiger partial charge in [-0.15, -0.1) is 45.9 Å². The van der Waals surface area contributed by atoms with Gasteiger partial charge in [0.25, 0.3) is 0 Å². The zero-order valence-electron chi connectivity index (χ0n) is 78.1. The molecule has 0 aromatic carbocycles. The van der Waals surface area contributed by atoms with Crippen LogP contribution in [0.3, 0.4) is 0 Å². The summed E-state index contributed by atoms with van der Waals surface area (Å²) in [6.45, 7) is 23.4. The second-order valence-electron chi connectivity index (χ2n) is 30.5. The highest BCUT2D eigenvalue weighted by Gasteiger charge is 2.16. The Bertz CT molecular complexity index is 6070. The van der Waals surface area contributed by atoms with Crippen molar-refractivity contribution in [2.24, 2.45) is 0 Å². The largest absolute Gasteiger partial charge is 0.472 e. The van der Waals surface area contributed by atoms with Gasteiger partial charge in [-0.2, -0.15) is 44.9 Å². The van der Waals surface area contributed by atoms with Crippen molar-refractivity contribution < 1.29 is 39.8 Å². The van der Waals surface area contributed by atoms with Crippen LogP contribution < -0.4 is 95.7 Å². The minimum atomic E-state index is 0.302. The molecule has 0 fully saturated rings. The van der Waals surface area contributed by atoms with E-state index in [0.717, 1.165) is 101 Å². The summed E-state index contributed by atoms with van der Waals surface area (Å²) in [5.41, 5.74) is 45.6. The van der Waals surface area contributed by atoms with Gasteiger partial charge in [0.2, 0.25) is 107 Å². The van der Waals surface area contributed by atoms with Gasteiger partial charge in [0.15, 0.2) is 0 Å². The number of nitrogen functional groups attached to an aromatic ring is 6. The lowest BCUT2D eigenvalue weighted by Gasteiger charge is -2.13. The van der Waals surface area contributed by atoms with Gasteiger partial charge in [0, 0.05) is 172 Å². The number of aryl methyl sites for hydroxylation is 9. The maximum atomic E-state index is 5.45. The molecule has 0 bridgehead atoms. The number of aromatic nitrogens is 27. The Morgan fingerprint density at radius 2 is 0.548 bits per heavy atom. The Labute approximate surface area is 773 Å². The molecule has 27 N–H and O–H groups in total. The van der Waals surface area contributed by atoms with Gasteiger partial charge >= 0.3 is 0 Å². The van der Waals surface area contributed by atoms with Gasteiger partial charge in [-0.3, -0.25) is 0 Å². The van der Waals surface area contributed by atoms with Crippen LogP contribution in [0.4, 0.5) is 107 Å². The van der Waals surface area contributed by atoms with Crippen molar-refractivity contribution in [3.05, 3.63) is 213 Å². The molecular formula is C81H117N45O9. The molecule has 18 aromatic heterocycles. The summed E-state index contributed by atoms with van der Waals surface area (Å²) in [6.07, 6.45) is 20.4. The predicted molar refractivity (Wildman–Crippen MR) is 508 cm³/mol. The SMILES string of the molecule is Cc1cc(CN(C)c2n[nH]c(N)n2)co1.Cc1cc(CNc2n[nH]c(N)n2)co1.Cc1cc(CNc2nc(N(C)C)n[nH]2)co1.Cc1cocc1CN(C)c1n[nH]c(N)n1.Cc1cocc1CNc1n[nH]c(N)n1.Cc1cocc1CNc1nc(N(C)C)n[nH]1.Cc1occc1CN(C)c1n[nH]c(N)n1.Cc1occc1CNc1n[nH]c(N)n1.Cc1occc1CNc1nc(N(C)C)n[nH]1. The third-order valence-electron chi connectivity index (χ3n) is 18.7. The molecule has 54 heteroatoms. The lowest BCUT2D eigenvalue weighted by atomic mass is 10.2. The van der Waals surface area contributed by atoms with Gasteiger partial charge < -0.3 is 135 Å². The molecule has 135 heavy (non-hydrogen) atoms. The average Bonchev–Trinajstić information content (AvgIpc) is 1.65. The number of hydrogen-bond acceptors (Lipinski definition) is 45. The molecule has 0 saturated carbocycles. The summed E-state index contributed by atoms with van der Waals surface area (Å²) in [5, 5.41) is 77.9. The molecule has 0 saturated heterocycles. The van der Waals surface area contributed by atoms with E-state index >= 15 is 0 Å². The number of rotatable bonds is 30. The lowest BCUT2D eigenvalue weighted by molar-refractivity contribution is 0.529. The fourth-order valence-corrected chi connectivity index (χ4v) is 11.2. The number of aromatic amines is 9. The van der Waals surface area contributed by atoms with E-state index in [1.54, 1.807) is 75.2 Å². The zero-order chi connectivity index (χ0) is 97.0. The van der Waals surface area contributed by atoms with Crippen molar-refractivity contribution in [1.29, 1.82) is 0 Å². The number of nitrogens with two attached hydrogens (primary N) is 6. The van der Waals surface area contributed by atoms with E-state index in [0.29, 0.717) is 166 Å². The summed E-state index contributed by atoms with van der Waals surface area (Å²) in [5.74, 6) is 14.4. The summed E-state index contributed by atoms with van der Waals surface area (Å²) < 4.78 is 46.3. The first-order valence-electron chi connectivity index (χ1n) is 41.4. The highest BCUT2D eigenvalue weighted by Crippen LogP contribution is 2.22. The van der Waals surface area contributed by atoms with Crippen molar-refractivity contribution in [2.45, 2.75) is 121 Å². The number of furan rings is 9. The first kappa shape index (κ1) is 99.3. The van der Waals surface area contributed by atoms with E-state index in [1.807, 2.05) is 192 Å². The highest BCUT2D eigenvalue weighted by molar-refractivity contribution is 5.43. The van der Waals surface area contributed by atoms with E-state index in [-0.39, 0.29) is 0 Å². The molecule has 0 atom stereocenters. The molecule has 720 valence electrons. The Morgan fingerprint density at radius 1 is 0.267 bits per heavy atom. The third-order valence-corrected chi connectivity index (χ3v) is 18.7. The van der Waals surface area contributed by atoms with Gasteiger partial charge in [-0.1, -0.05) is 0 Å². The normalized spacial score (nSPS) is 10.4. The number of nitrogens with zero attached hydrogens (tertiary/aromatic N) is 24. The molecule has 54 nitrogen and oxygen atoms in total. The van der Waals surface area contributed by atoms with Gasteiger partial charge in [-0.05, 0) is 115 Å². The van der Waals surface area contributed by atoms with E-state index in [2.05, 4.69) is 169 Å². The standard InChI is InChI=1S/3C10H15N5O.3C9H13N5O.3C8H11N5O/c1-7-5-16-6-8(7)4-11-9-12-10(14-13-9)15(2)3;1-7-4-8(6-16-7)5-11-9-12-10(14-13-9)15(2)3;1-7-8(4-5-16-7)6-11-9-12-10(14-13-9)15(2)3;1-6-4-15-5-7(6)3-14(2)9-11-8(10)12-13-9;1-6-3-7(5-15-6)4-14(2)9-11-8(10)12-13-9;1-6-7(3-4-15-6)5-14(2)9-11-8(10)12-13-9;1-5-3-14-4-6(5)2-10-8-11-7(9)12-13-8;1-5-2-6(4-14-5)3-10-8-11-7(9)12-13-8;1-5-6(2-3-14-5)4-10-8-11-7(9)12-13-8/h5-6H,4H2,1-3H3,(H2,11,12,13,14);4,6H,5H2,1-3H3,(H2,11,12,13,14);4-5H,6H2,1-3H3,(H2,11,12,13,14);4-5H,3H2,1-2H3,(H3,10,11,12,13);3,5H,4H2,1-2H3,(H3,10,11,12,13);3-4H,5H2,1-2H3,(H3,10,11,12,13);3-4H,2H2,1H3,(H4,9,10,11,12,13);2,4H,3H2,1H3,(H4,9,10,11,12,13);2-3H,4H2,1H3,(H4,9,10,11,12,13). The average molecular weight is 1870 g/mol. The fourth-order valence-electron chi connectivity index (χ4n) is 11.2. The monoisotopic (exact) mass is 1860 g/mol. The van der Waals surface area contributed by atoms with E-state index in [4.69, 9.17) is 74.2 Å². The number of nitrogens with one attached hydrogen (secondary N) is 15. The first-order chi connectivity index (χ1) is 64.7. The first-order valence-corrected chi connectivity index (χ1v) is 41.4. The van der Waals surface area contributed by atoms with Crippen LogP contribution in [0.25, 0.3) is 0 Å². The second-order valence-corrected chi connectivity index (χ2v) is 30.5. The quantitative estimate of drug-likeness (QED) is 0.0199. The van der Waals surface area contributed by atoms with E-state index in [9.17, 15) is 0 Å². The Balaban J connectivity index is 0.000000157. The maximum Gasteiger partial charge on any atom is 0.246 e. The fraction of sp³-hybridized carbons (Fsp3) is 0.333. The minimum absolute atomic E-state index is 0.302. The second kappa shape index (κ2) is 49.1. The van der Waals surface area contributed by atoms with E-state index < -0.39 is 0 Å². The van der Waals surface area contributed by atoms with Crippen molar-refractivity contribution >= 4 is 107 Å². The molecule has 18 rings (SSSR count). The topological polar surface area (TPSA) is 740 Å². The van der Waals surface area contributed by atoms with Crippen molar-refractivity contribution in [1.82, 2.24) is 137 Å². The molecule has 0 radical (unpaired) electrons. The molecule has 0 aliphatic heterocycles. The summed E-state index contributed by atoms with van der Waals surface area (Å²) in [7, 11) is 17.1. The Kier molecular flexibility index (Phi) is 36.1. The maximum absolute atomic E-state index is 5.45. The van der Waals surface area contributed by atoms with Crippen LogP contribution in [0, 0.1) is 62.3 Å². The van der Waals surface area contributed by atoms with Crippen LogP contribution in [0.15, 0.2) is 151 Å². The van der Waals surface area contributed by atoms with Gasteiger partial charge in [0.05, 0.1) is 75.2 Å². The molecule has 0 amide bonds. The summed E-state index contributed by atoms with van der Waals surface area (Å²) in [6, 6.07) is 11.7. The van der Waals surface area contributed by atoms with Crippen LogP contribution in [0.1, 0.15) is 101 Å². The van der Waals surface area contributed by atoms with Crippen LogP contribution in [0.2, 0.25) is 0 Å². The lowest BCUT2D eigenvalue weighted by Crippen LogP contribution is -2.17. The molecule has 18 heterocycles. The summed E-state index contributed by atoms with van der Waals surface area (Å²) in [4.78, 5) is 47.7. The molecule has 0 unspecified atom stereocenters. The van der Waals surface area contributed by atoms with Crippen molar-refractivity contribution in [3.8, 4) is 0 Å².